The van der Waals surface area contributed by atoms with Crippen molar-refractivity contribution < 1.29 is 31.1 Å². The number of rotatable bonds is 6. The third-order valence-corrected chi connectivity index (χ3v) is 6.17. The van der Waals surface area contributed by atoms with E-state index in [9.17, 15) is 26.4 Å². The minimum Gasteiger partial charge on any atom is -0.404 e. The standard InChI is InChI=1S/C21H16F3N5O4S/c1-13(30)26-15-6-8-16(9-7-15)27-20-25-12-14-10-11-29(19(14)28-20)34(31,32)18-5-3-2-4-17(18)33-21(22,23)24/h2-12H,1H3,(H,26,30)(H,25,27,28). The van der Waals surface area contributed by atoms with Gasteiger partial charge in [-0.05, 0) is 42.5 Å². The van der Waals surface area contributed by atoms with E-state index >= 15 is 0 Å². The third-order valence-electron chi connectivity index (χ3n) is 4.47. The molecule has 0 saturated carbocycles. The molecule has 0 atom stereocenters. The maximum atomic E-state index is 13.2. The summed E-state index contributed by atoms with van der Waals surface area (Å²) in [4.78, 5) is 18.8. The van der Waals surface area contributed by atoms with E-state index in [2.05, 4.69) is 25.3 Å². The summed E-state index contributed by atoms with van der Waals surface area (Å²) in [6.45, 7) is 1.38. The Hall–Kier alpha value is -4.13. The van der Waals surface area contributed by atoms with Gasteiger partial charge in [0.2, 0.25) is 11.9 Å². The summed E-state index contributed by atoms with van der Waals surface area (Å²) < 4.78 is 69.4. The fraction of sp³-hybridized carbons (Fsp3) is 0.0952. The number of aromatic nitrogens is 3. The van der Waals surface area contributed by atoms with Crippen LogP contribution in [0, 0.1) is 0 Å². The number of ether oxygens (including phenoxy) is 1. The predicted molar refractivity (Wildman–Crippen MR) is 117 cm³/mol. The van der Waals surface area contributed by atoms with E-state index in [1.807, 2.05) is 0 Å². The van der Waals surface area contributed by atoms with Crippen molar-refractivity contribution in [1.82, 2.24) is 13.9 Å². The first-order valence-electron chi connectivity index (χ1n) is 9.62. The zero-order valence-electron chi connectivity index (χ0n) is 17.4. The Labute approximate surface area is 191 Å². The lowest BCUT2D eigenvalue weighted by atomic mass is 10.3. The summed E-state index contributed by atoms with van der Waals surface area (Å²) in [6.07, 6.45) is -2.52. The topological polar surface area (TPSA) is 115 Å². The molecule has 4 rings (SSSR count). The van der Waals surface area contributed by atoms with Gasteiger partial charge in [0.25, 0.3) is 10.0 Å². The van der Waals surface area contributed by atoms with Crippen LogP contribution in [0.2, 0.25) is 0 Å². The molecule has 0 aliphatic heterocycles. The fourth-order valence-electron chi connectivity index (χ4n) is 3.10. The molecule has 13 heteroatoms. The smallest absolute Gasteiger partial charge is 0.404 e. The number of anilines is 3. The van der Waals surface area contributed by atoms with Crippen LogP contribution in [-0.4, -0.2) is 34.6 Å². The Morgan fingerprint density at radius 3 is 2.38 bits per heavy atom. The molecule has 0 aliphatic carbocycles. The molecule has 2 N–H and O–H groups in total. The Kier molecular flexibility index (Phi) is 5.87. The van der Waals surface area contributed by atoms with Crippen LogP contribution in [0.25, 0.3) is 11.0 Å². The van der Waals surface area contributed by atoms with E-state index < -0.39 is 27.0 Å². The van der Waals surface area contributed by atoms with Crippen LogP contribution in [-0.2, 0) is 14.8 Å². The highest BCUT2D eigenvalue weighted by Crippen LogP contribution is 2.32. The number of benzene rings is 2. The summed E-state index contributed by atoms with van der Waals surface area (Å²) in [5.41, 5.74) is 1.08. The summed E-state index contributed by atoms with van der Waals surface area (Å²) in [5.74, 6) is -1.03. The second kappa shape index (κ2) is 8.67. The van der Waals surface area contributed by atoms with Crippen LogP contribution < -0.4 is 15.4 Å². The van der Waals surface area contributed by atoms with Crippen molar-refractivity contribution in [3.63, 3.8) is 0 Å². The number of carbonyl (C=O) groups is 1. The first-order valence-corrected chi connectivity index (χ1v) is 11.1. The second-order valence-corrected chi connectivity index (χ2v) is 8.75. The van der Waals surface area contributed by atoms with Crippen molar-refractivity contribution in [2.24, 2.45) is 0 Å². The van der Waals surface area contributed by atoms with Crippen LogP contribution >= 0.6 is 0 Å². The summed E-state index contributed by atoms with van der Waals surface area (Å²) in [6, 6.07) is 12.5. The zero-order valence-corrected chi connectivity index (χ0v) is 18.2. The number of hydrogen-bond acceptors (Lipinski definition) is 7. The maximum absolute atomic E-state index is 13.2. The largest absolute Gasteiger partial charge is 0.573 e. The van der Waals surface area contributed by atoms with E-state index in [4.69, 9.17) is 0 Å². The molecule has 1 amide bonds. The monoisotopic (exact) mass is 491 g/mol. The molecule has 0 fully saturated rings. The Balaban J connectivity index is 1.69. The number of fused-ring (bicyclic) bond motifs is 1. The first kappa shape index (κ1) is 23.0. The number of para-hydroxylation sites is 1. The van der Waals surface area contributed by atoms with Crippen molar-refractivity contribution in [2.75, 3.05) is 10.6 Å². The van der Waals surface area contributed by atoms with Gasteiger partial charge in [-0.15, -0.1) is 13.2 Å². The van der Waals surface area contributed by atoms with Crippen molar-refractivity contribution >= 4 is 44.3 Å². The number of hydrogen-bond donors (Lipinski definition) is 2. The number of amides is 1. The Morgan fingerprint density at radius 2 is 1.71 bits per heavy atom. The van der Waals surface area contributed by atoms with Crippen molar-refractivity contribution in [3.05, 3.63) is 67.0 Å². The molecule has 0 radical (unpaired) electrons. The van der Waals surface area contributed by atoms with Gasteiger partial charge in [-0.25, -0.2) is 17.4 Å². The molecule has 0 spiro atoms. The van der Waals surface area contributed by atoms with Crippen LogP contribution in [0.1, 0.15) is 6.92 Å². The molecule has 0 saturated heterocycles. The molecule has 176 valence electrons. The molecule has 0 bridgehead atoms. The highest BCUT2D eigenvalue weighted by atomic mass is 32.2. The van der Waals surface area contributed by atoms with Gasteiger partial charge in [-0.3, -0.25) is 4.79 Å². The summed E-state index contributed by atoms with van der Waals surface area (Å²) in [7, 11) is -4.50. The summed E-state index contributed by atoms with van der Waals surface area (Å²) >= 11 is 0. The molecule has 0 aliphatic rings. The molecule has 34 heavy (non-hydrogen) atoms. The van der Waals surface area contributed by atoms with Crippen LogP contribution in [0.4, 0.5) is 30.5 Å². The third kappa shape index (κ3) is 4.93. The average Bonchev–Trinajstić information content (AvgIpc) is 3.18. The minimum atomic E-state index is -5.07. The predicted octanol–water partition coefficient (Wildman–Crippen LogP) is 4.27. The lowest BCUT2D eigenvalue weighted by Crippen LogP contribution is -2.20. The number of halogens is 3. The van der Waals surface area contributed by atoms with Gasteiger partial charge >= 0.3 is 6.36 Å². The number of nitrogens with one attached hydrogen (secondary N) is 2. The average molecular weight is 491 g/mol. The van der Waals surface area contributed by atoms with Crippen molar-refractivity contribution in [2.45, 2.75) is 18.2 Å². The fourth-order valence-corrected chi connectivity index (χ4v) is 4.52. The van der Waals surface area contributed by atoms with Gasteiger partial charge in [0.05, 0.1) is 0 Å². The second-order valence-electron chi connectivity index (χ2n) is 6.97. The molecular formula is C21H16F3N5O4S. The number of alkyl halides is 3. The summed E-state index contributed by atoms with van der Waals surface area (Å²) in [5, 5.41) is 5.89. The molecular weight excluding hydrogens is 475 g/mol. The highest BCUT2D eigenvalue weighted by Gasteiger charge is 2.34. The van der Waals surface area contributed by atoms with E-state index in [1.165, 1.54) is 37.5 Å². The van der Waals surface area contributed by atoms with Gasteiger partial charge in [0.1, 0.15) is 10.6 Å². The Morgan fingerprint density at radius 1 is 1.03 bits per heavy atom. The molecule has 0 unspecified atom stereocenters. The maximum Gasteiger partial charge on any atom is 0.573 e. The molecule has 9 nitrogen and oxygen atoms in total. The normalized spacial score (nSPS) is 11.9. The minimum absolute atomic E-state index is 0.0471. The van der Waals surface area contributed by atoms with Gasteiger partial charge in [-0.1, -0.05) is 12.1 Å². The van der Waals surface area contributed by atoms with E-state index in [0.717, 1.165) is 16.1 Å². The lowest BCUT2D eigenvalue weighted by Gasteiger charge is -2.14. The SMILES string of the molecule is CC(=O)Nc1ccc(Nc2ncc3ccn(S(=O)(=O)c4ccccc4OC(F)(F)F)c3n2)cc1. The van der Waals surface area contributed by atoms with E-state index in [0.29, 0.717) is 16.8 Å². The van der Waals surface area contributed by atoms with Crippen LogP contribution in [0.3, 0.4) is 0 Å². The molecule has 2 aromatic heterocycles. The first-order chi connectivity index (χ1) is 16.0. The van der Waals surface area contributed by atoms with Gasteiger partial charge in [-0.2, -0.15) is 4.98 Å². The van der Waals surface area contributed by atoms with Gasteiger partial charge < -0.3 is 15.4 Å². The molecule has 4 aromatic rings. The molecule has 2 aromatic carbocycles. The Bertz CT molecular complexity index is 1470. The van der Waals surface area contributed by atoms with Gasteiger partial charge in [0.15, 0.2) is 5.65 Å². The van der Waals surface area contributed by atoms with Crippen molar-refractivity contribution in [1.29, 1.82) is 0 Å². The van der Waals surface area contributed by atoms with E-state index in [-0.39, 0.29) is 17.5 Å². The molecule has 2 heterocycles. The number of carbonyl (C=O) groups excluding carboxylic acids is 1. The lowest BCUT2D eigenvalue weighted by molar-refractivity contribution is -0.275. The number of nitrogens with zero attached hydrogens (tertiary/aromatic N) is 3. The zero-order chi connectivity index (χ0) is 24.5. The van der Waals surface area contributed by atoms with E-state index in [1.54, 1.807) is 24.3 Å². The highest BCUT2D eigenvalue weighted by molar-refractivity contribution is 7.90. The van der Waals surface area contributed by atoms with Gasteiger partial charge in [0, 0.05) is 36.1 Å². The van der Waals surface area contributed by atoms with Crippen molar-refractivity contribution in [3.8, 4) is 5.75 Å². The quantitative estimate of drug-likeness (QED) is 0.414. The van der Waals surface area contributed by atoms with Crippen LogP contribution in [0.5, 0.6) is 5.75 Å². The van der Waals surface area contributed by atoms with Crippen LogP contribution in [0.15, 0.2) is 71.9 Å².